The van der Waals surface area contributed by atoms with Crippen molar-refractivity contribution in [3.05, 3.63) is 91.1 Å². The van der Waals surface area contributed by atoms with Crippen LogP contribution in [0.5, 0.6) is 0 Å². The fourth-order valence-corrected chi connectivity index (χ4v) is 2.75. The molecule has 0 fully saturated rings. The summed E-state index contributed by atoms with van der Waals surface area (Å²) in [5, 5.41) is 0. The molecule has 1 aliphatic rings. The molecule has 1 aliphatic carbocycles. The van der Waals surface area contributed by atoms with Crippen LogP contribution in [0.25, 0.3) is 22.5 Å². The average molecular weight is 432 g/mol. The summed E-state index contributed by atoms with van der Waals surface area (Å²) in [6, 6.07) is 10.0. The van der Waals surface area contributed by atoms with Crippen molar-refractivity contribution < 1.29 is 0 Å². The van der Waals surface area contributed by atoms with Crippen LogP contribution in [-0.4, -0.2) is 15.0 Å². The monoisotopic (exact) mass is 431 g/mol. The molecule has 0 aliphatic heterocycles. The van der Waals surface area contributed by atoms with E-state index in [1.807, 2.05) is 97.0 Å². The minimum Gasteiger partial charge on any atom is -0.208 e. The first kappa shape index (κ1) is 28.9. The van der Waals surface area contributed by atoms with Gasteiger partial charge in [0.15, 0.2) is 17.5 Å². The number of hydrogen-bond donors (Lipinski definition) is 0. The summed E-state index contributed by atoms with van der Waals surface area (Å²) in [7, 11) is 0. The maximum atomic E-state index is 4.74. The first-order valence-electron chi connectivity index (χ1n) is 11.9. The summed E-state index contributed by atoms with van der Waals surface area (Å²) in [6.45, 7) is 20.0. The Bertz CT molecular complexity index is 903. The van der Waals surface area contributed by atoms with Crippen LogP contribution in [0.1, 0.15) is 73.5 Å². The van der Waals surface area contributed by atoms with E-state index in [9.17, 15) is 0 Å². The van der Waals surface area contributed by atoms with E-state index in [1.54, 1.807) is 6.08 Å². The van der Waals surface area contributed by atoms with Gasteiger partial charge in [-0.1, -0.05) is 128 Å². The molecule has 3 rings (SSSR count). The molecular weight excluding hydrogens is 390 g/mol. The molecule has 1 aromatic heterocycles. The van der Waals surface area contributed by atoms with Gasteiger partial charge in [0, 0.05) is 16.7 Å². The lowest BCUT2D eigenvalue weighted by Crippen LogP contribution is -2.05. The van der Waals surface area contributed by atoms with Gasteiger partial charge in [0.05, 0.1) is 0 Å². The lowest BCUT2D eigenvalue weighted by molar-refractivity contribution is 0.738. The lowest BCUT2D eigenvalue weighted by atomic mass is 9.98. The Morgan fingerprint density at radius 3 is 2.09 bits per heavy atom. The number of benzene rings is 1. The summed E-state index contributed by atoms with van der Waals surface area (Å²) < 4.78 is 0. The number of rotatable bonds is 5. The number of nitrogens with zero attached hydrogens (tertiary/aromatic N) is 3. The van der Waals surface area contributed by atoms with Gasteiger partial charge in [-0.15, -0.1) is 0 Å². The Hall–Kier alpha value is -3.07. The second-order valence-electron chi connectivity index (χ2n) is 6.26. The summed E-state index contributed by atoms with van der Waals surface area (Å²) in [5.41, 5.74) is 2.93. The number of allylic oxidation sites excluding steroid dienone is 9. The van der Waals surface area contributed by atoms with Crippen molar-refractivity contribution in [3.63, 3.8) is 0 Å². The van der Waals surface area contributed by atoms with Crippen LogP contribution in [0.3, 0.4) is 0 Å². The predicted molar refractivity (Wildman–Crippen MR) is 143 cm³/mol. The molecule has 1 unspecified atom stereocenters. The van der Waals surface area contributed by atoms with Gasteiger partial charge in [-0.05, 0) is 19.3 Å². The van der Waals surface area contributed by atoms with E-state index >= 15 is 0 Å². The minimum absolute atomic E-state index is 0.549. The Balaban J connectivity index is 0.00000148. The van der Waals surface area contributed by atoms with Crippen LogP contribution in [0.4, 0.5) is 0 Å². The molecule has 1 heterocycles. The molecule has 1 aromatic carbocycles. The highest BCUT2D eigenvalue weighted by molar-refractivity contribution is 5.76. The molecule has 3 nitrogen and oxygen atoms in total. The SMILES string of the molecule is C=C/C=C(\C=C/C)c1nc(C2=CCC(C)C=C2)nc(-c2ccccc2)n1.CC.CC.CC. The van der Waals surface area contributed by atoms with Crippen LogP contribution in [0.2, 0.25) is 0 Å². The zero-order valence-corrected chi connectivity index (χ0v) is 21.3. The Morgan fingerprint density at radius 1 is 0.938 bits per heavy atom. The summed E-state index contributed by atoms with van der Waals surface area (Å²) in [4.78, 5) is 14.2. The largest absolute Gasteiger partial charge is 0.208 e. The van der Waals surface area contributed by atoms with E-state index in [1.165, 1.54) is 0 Å². The van der Waals surface area contributed by atoms with Crippen molar-refractivity contribution in [2.24, 2.45) is 5.92 Å². The third kappa shape index (κ3) is 8.97. The Labute approximate surface area is 196 Å². The molecule has 0 saturated carbocycles. The first-order valence-corrected chi connectivity index (χ1v) is 11.9. The molecule has 0 bridgehead atoms. The molecule has 0 N–H and O–H groups in total. The average Bonchev–Trinajstić information content (AvgIpc) is 2.88. The predicted octanol–water partition coefficient (Wildman–Crippen LogP) is 8.74. The maximum absolute atomic E-state index is 4.74. The maximum Gasteiger partial charge on any atom is 0.164 e. The number of hydrogen-bond acceptors (Lipinski definition) is 3. The van der Waals surface area contributed by atoms with Crippen molar-refractivity contribution in [1.29, 1.82) is 0 Å². The molecule has 0 spiro atoms. The third-order valence-corrected chi connectivity index (χ3v) is 4.14. The van der Waals surface area contributed by atoms with Gasteiger partial charge in [0.1, 0.15) is 0 Å². The molecule has 0 saturated heterocycles. The van der Waals surface area contributed by atoms with E-state index in [0.29, 0.717) is 23.4 Å². The molecule has 3 heteroatoms. The fourth-order valence-electron chi connectivity index (χ4n) is 2.75. The van der Waals surface area contributed by atoms with E-state index in [0.717, 1.165) is 23.1 Å². The molecule has 1 atom stereocenters. The molecular formula is C29H41N3. The fraction of sp³-hybridized carbons (Fsp3) is 0.345. The second-order valence-corrected chi connectivity index (χ2v) is 6.26. The Morgan fingerprint density at radius 2 is 1.56 bits per heavy atom. The lowest BCUT2D eigenvalue weighted by Gasteiger charge is -2.13. The molecule has 172 valence electrons. The van der Waals surface area contributed by atoms with Crippen LogP contribution < -0.4 is 0 Å². The highest BCUT2D eigenvalue weighted by atomic mass is 15.0. The van der Waals surface area contributed by atoms with Crippen molar-refractivity contribution in [3.8, 4) is 11.4 Å². The van der Waals surface area contributed by atoms with Gasteiger partial charge in [-0.3, -0.25) is 0 Å². The first-order chi connectivity index (χ1) is 15.7. The second kappa shape index (κ2) is 17.6. The van der Waals surface area contributed by atoms with E-state index in [2.05, 4.69) is 31.7 Å². The summed E-state index contributed by atoms with van der Waals surface area (Å²) in [5.74, 6) is 2.59. The van der Waals surface area contributed by atoms with Crippen molar-refractivity contribution >= 4 is 11.1 Å². The van der Waals surface area contributed by atoms with Gasteiger partial charge in [0.25, 0.3) is 0 Å². The van der Waals surface area contributed by atoms with Crippen LogP contribution in [-0.2, 0) is 0 Å². The van der Waals surface area contributed by atoms with Gasteiger partial charge in [-0.25, -0.2) is 15.0 Å². The highest BCUT2D eigenvalue weighted by Gasteiger charge is 2.14. The van der Waals surface area contributed by atoms with Crippen molar-refractivity contribution in [2.45, 2.75) is 61.8 Å². The van der Waals surface area contributed by atoms with Gasteiger partial charge < -0.3 is 0 Å². The van der Waals surface area contributed by atoms with E-state index in [4.69, 9.17) is 15.0 Å². The van der Waals surface area contributed by atoms with Gasteiger partial charge >= 0.3 is 0 Å². The molecule has 0 radical (unpaired) electrons. The molecule has 0 amide bonds. The quantitative estimate of drug-likeness (QED) is 0.444. The van der Waals surface area contributed by atoms with Gasteiger partial charge in [0.2, 0.25) is 0 Å². The standard InChI is InChI=1S/C23H23N3.3C2H6/c1-4-9-18(10-5-2)21-24-22(19-11-7-6-8-12-19)26-23(25-21)20-15-13-17(3)14-16-20;3*1-2/h4-13,15-17H,1,14H2,2-3H3;3*1-2H3/b10-5-,18-9+;;;. The molecule has 32 heavy (non-hydrogen) atoms. The smallest absolute Gasteiger partial charge is 0.164 e. The Kier molecular flexibility index (Phi) is 15.9. The van der Waals surface area contributed by atoms with Crippen LogP contribution in [0, 0.1) is 5.92 Å². The van der Waals surface area contributed by atoms with Gasteiger partial charge in [-0.2, -0.15) is 0 Å². The van der Waals surface area contributed by atoms with Crippen molar-refractivity contribution in [2.75, 3.05) is 0 Å². The zero-order chi connectivity index (χ0) is 24.4. The number of aromatic nitrogens is 3. The van der Waals surface area contributed by atoms with Crippen LogP contribution in [0.15, 0.2) is 79.4 Å². The van der Waals surface area contributed by atoms with E-state index < -0.39 is 0 Å². The van der Waals surface area contributed by atoms with Crippen LogP contribution >= 0.6 is 0 Å². The summed E-state index contributed by atoms with van der Waals surface area (Å²) >= 11 is 0. The zero-order valence-electron chi connectivity index (χ0n) is 21.3. The van der Waals surface area contributed by atoms with Crippen molar-refractivity contribution in [1.82, 2.24) is 15.0 Å². The topological polar surface area (TPSA) is 38.7 Å². The summed E-state index contributed by atoms with van der Waals surface area (Å²) in [6.07, 6.45) is 15.1. The highest BCUT2D eigenvalue weighted by Crippen LogP contribution is 2.25. The minimum atomic E-state index is 0.549. The molecule has 2 aromatic rings. The van der Waals surface area contributed by atoms with E-state index in [-0.39, 0.29) is 0 Å². The normalized spacial score (nSPS) is 14.7. The third-order valence-electron chi connectivity index (χ3n) is 4.14.